The third-order valence-electron chi connectivity index (χ3n) is 3.77. The summed E-state index contributed by atoms with van der Waals surface area (Å²) in [5.41, 5.74) is 1.71. The Balaban J connectivity index is 1.92. The Morgan fingerprint density at radius 2 is 2.05 bits per heavy atom. The monoisotopic (exact) mass is 261 g/mol. The Hall–Kier alpha value is -1.51. The van der Waals surface area contributed by atoms with Gasteiger partial charge in [-0.25, -0.2) is 4.79 Å². The number of benzene rings is 1. The molecule has 0 aromatic heterocycles. The summed E-state index contributed by atoms with van der Waals surface area (Å²) < 4.78 is 5.11. The first-order valence-electron chi connectivity index (χ1n) is 7.24. The Bertz CT molecular complexity index is 413. The zero-order valence-electron chi connectivity index (χ0n) is 11.8. The highest BCUT2D eigenvalue weighted by atomic mass is 16.5. The summed E-state index contributed by atoms with van der Waals surface area (Å²) in [6, 6.07) is 8.17. The smallest absolute Gasteiger partial charge is 0.338 e. The summed E-state index contributed by atoms with van der Waals surface area (Å²) in [4.78, 5) is 11.7. The van der Waals surface area contributed by atoms with Crippen molar-refractivity contribution in [3.8, 4) is 0 Å². The maximum absolute atomic E-state index is 11.7. The number of hydrogen-bond donors (Lipinski definition) is 1. The van der Waals surface area contributed by atoms with Gasteiger partial charge in [0.2, 0.25) is 0 Å². The predicted molar refractivity (Wildman–Crippen MR) is 77.4 cm³/mol. The first-order chi connectivity index (χ1) is 9.20. The average Bonchev–Trinajstić information content (AvgIpc) is 2.82. The fourth-order valence-corrected chi connectivity index (χ4v) is 2.55. The minimum atomic E-state index is -0.234. The number of anilines is 1. The number of carbonyl (C=O) groups is 1. The van der Waals surface area contributed by atoms with Gasteiger partial charge in [-0.2, -0.15) is 0 Å². The molecule has 0 heterocycles. The molecule has 2 rings (SSSR count). The van der Waals surface area contributed by atoms with Crippen LogP contribution in [0.15, 0.2) is 24.3 Å². The highest BCUT2D eigenvalue weighted by Gasteiger charge is 2.22. The van der Waals surface area contributed by atoms with Crippen LogP contribution in [-0.2, 0) is 4.74 Å². The minimum absolute atomic E-state index is 0.234. The third-order valence-corrected chi connectivity index (χ3v) is 3.77. The van der Waals surface area contributed by atoms with Crippen LogP contribution in [0.3, 0.4) is 0 Å². The van der Waals surface area contributed by atoms with Gasteiger partial charge >= 0.3 is 5.97 Å². The molecule has 19 heavy (non-hydrogen) atoms. The number of carbonyl (C=O) groups excluding carboxylic acids is 1. The van der Waals surface area contributed by atoms with Crippen LogP contribution >= 0.6 is 0 Å². The van der Waals surface area contributed by atoms with E-state index < -0.39 is 0 Å². The van der Waals surface area contributed by atoms with Crippen LogP contribution in [0.4, 0.5) is 5.69 Å². The van der Waals surface area contributed by atoms with Gasteiger partial charge in [0.05, 0.1) is 12.2 Å². The largest absolute Gasteiger partial charge is 0.462 e. The molecule has 0 aliphatic heterocycles. The number of esters is 1. The molecule has 2 unspecified atom stereocenters. The average molecular weight is 261 g/mol. The molecule has 1 aliphatic carbocycles. The Morgan fingerprint density at radius 1 is 1.32 bits per heavy atom. The molecule has 1 aromatic rings. The van der Waals surface area contributed by atoms with Crippen LogP contribution in [-0.4, -0.2) is 18.6 Å². The van der Waals surface area contributed by atoms with Gasteiger partial charge in [-0.05, 0) is 49.4 Å². The molecule has 2 atom stereocenters. The highest BCUT2D eigenvalue weighted by Crippen LogP contribution is 2.28. The van der Waals surface area contributed by atoms with E-state index in [9.17, 15) is 4.79 Å². The minimum Gasteiger partial charge on any atom is -0.462 e. The first kappa shape index (κ1) is 13.9. The van der Waals surface area contributed by atoms with E-state index >= 15 is 0 Å². The number of hydrogen-bond acceptors (Lipinski definition) is 3. The summed E-state index contributed by atoms with van der Waals surface area (Å²) in [6.07, 6.45) is 4.70. The second-order valence-corrected chi connectivity index (χ2v) is 5.37. The van der Waals surface area contributed by atoms with Crippen molar-refractivity contribution in [2.45, 2.75) is 45.6 Å². The van der Waals surface area contributed by atoms with E-state index in [1.807, 2.05) is 31.2 Å². The SMILES string of the molecule is CCCOC(=O)c1ccc(NC2CCCC2C)cc1. The molecule has 1 aromatic carbocycles. The van der Waals surface area contributed by atoms with Crippen LogP contribution in [0, 0.1) is 5.92 Å². The predicted octanol–water partition coefficient (Wildman–Crippen LogP) is 3.85. The quantitative estimate of drug-likeness (QED) is 0.818. The second-order valence-electron chi connectivity index (χ2n) is 5.37. The van der Waals surface area contributed by atoms with E-state index in [2.05, 4.69) is 12.2 Å². The fourth-order valence-electron chi connectivity index (χ4n) is 2.55. The van der Waals surface area contributed by atoms with Crippen LogP contribution in [0.2, 0.25) is 0 Å². The van der Waals surface area contributed by atoms with Gasteiger partial charge < -0.3 is 10.1 Å². The van der Waals surface area contributed by atoms with Crippen molar-refractivity contribution in [1.29, 1.82) is 0 Å². The van der Waals surface area contributed by atoms with Crippen molar-refractivity contribution < 1.29 is 9.53 Å². The van der Waals surface area contributed by atoms with Gasteiger partial charge in [0.15, 0.2) is 0 Å². The fraction of sp³-hybridized carbons (Fsp3) is 0.562. The third kappa shape index (κ3) is 3.72. The molecule has 1 saturated carbocycles. The maximum atomic E-state index is 11.7. The number of rotatable bonds is 5. The summed E-state index contributed by atoms with van der Waals surface area (Å²) in [6.45, 7) is 4.77. The summed E-state index contributed by atoms with van der Waals surface area (Å²) in [5, 5.41) is 3.55. The molecule has 0 radical (unpaired) electrons. The van der Waals surface area contributed by atoms with Crippen molar-refractivity contribution in [2.75, 3.05) is 11.9 Å². The normalized spacial score (nSPS) is 22.2. The number of nitrogens with one attached hydrogen (secondary N) is 1. The van der Waals surface area contributed by atoms with E-state index in [1.165, 1.54) is 19.3 Å². The lowest BCUT2D eigenvalue weighted by atomic mass is 10.1. The lowest BCUT2D eigenvalue weighted by Gasteiger charge is -2.18. The summed E-state index contributed by atoms with van der Waals surface area (Å²) in [5.74, 6) is 0.497. The van der Waals surface area contributed by atoms with Crippen molar-refractivity contribution in [3.63, 3.8) is 0 Å². The molecule has 3 nitrogen and oxygen atoms in total. The molecule has 104 valence electrons. The van der Waals surface area contributed by atoms with Gasteiger partial charge in [-0.1, -0.05) is 20.3 Å². The van der Waals surface area contributed by atoms with Gasteiger partial charge in [0.1, 0.15) is 0 Å². The van der Waals surface area contributed by atoms with E-state index in [1.54, 1.807) is 0 Å². The van der Waals surface area contributed by atoms with Crippen LogP contribution in [0.1, 0.15) is 49.9 Å². The second kappa shape index (κ2) is 6.60. The van der Waals surface area contributed by atoms with Gasteiger partial charge in [-0.15, -0.1) is 0 Å². The molecule has 0 amide bonds. The number of ether oxygens (including phenoxy) is 1. The van der Waals surface area contributed by atoms with Crippen molar-refractivity contribution in [3.05, 3.63) is 29.8 Å². The molecule has 0 saturated heterocycles. The van der Waals surface area contributed by atoms with E-state index in [4.69, 9.17) is 4.74 Å². The molecule has 1 aliphatic rings. The molecular weight excluding hydrogens is 238 g/mol. The van der Waals surface area contributed by atoms with Gasteiger partial charge in [0, 0.05) is 11.7 Å². The lowest BCUT2D eigenvalue weighted by Crippen LogP contribution is -2.21. The maximum Gasteiger partial charge on any atom is 0.338 e. The van der Waals surface area contributed by atoms with E-state index in [0.717, 1.165) is 18.0 Å². The molecular formula is C16H23NO2. The van der Waals surface area contributed by atoms with Crippen LogP contribution in [0.5, 0.6) is 0 Å². The zero-order chi connectivity index (χ0) is 13.7. The van der Waals surface area contributed by atoms with Gasteiger partial charge in [-0.3, -0.25) is 0 Å². The van der Waals surface area contributed by atoms with E-state index in [-0.39, 0.29) is 5.97 Å². The van der Waals surface area contributed by atoms with Crippen LogP contribution < -0.4 is 5.32 Å². The van der Waals surface area contributed by atoms with Crippen molar-refractivity contribution in [1.82, 2.24) is 0 Å². The Kier molecular flexibility index (Phi) is 4.83. The molecule has 3 heteroatoms. The molecule has 1 fully saturated rings. The zero-order valence-corrected chi connectivity index (χ0v) is 11.8. The Morgan fingerprint density at radius 3 is 2.63 bits per heavy atom. The van der Waals surface area contributed by atoms with E-state index in [0.29, 0.717) is 18.2 Å². The topological polar surface area (TPSA) is 38.3 Å². The molecule has 0 bridgehead atoms. The summed E-state index contributed by atoms with van der Waals surface area (Å²) >= 11 is 0. The Labute approximate surface area is 115 Å². The van der Waals surface area contributed by atoms with Crippen LogP contribution in [0.25, 0.3) is 0 Å². The van der Waals surface area contributed by atoms with Crippen molar-refractivity contribution in [2.24, 2.45) is 5.92 Å². The van der Waals surface area contributed by atoms with Gasteiger partial charge in [0.25, 0.3) is 0 Å². The molecule has 1 N–H and O–H groups in total. The lowest BCUT2D eigenvalue weighted by molar-refractivity contribution is 0.0505. The molecule has 0 spiro atoms. The highest BCUT2D eigenvalue weighted by molar-refractivity contribution is 5.89. The summed E-state index contributed by atoms with van der Waals surface area (Å²) in [7, 11) is 0. The van der Waals surface area contributed by atoms with Crippen molar-refractivity contribution >= 4 is 11.7 Å². The first-order valence-corrected chi connectivity index (χ1v) is 7.24. The standard InChI is InChI=1S/C16H23NO2/c1-3-11-19-16(18)13-7-9-14(10-8-13)17-15-6-4-5-12(15)2/h7-10,12,15,17H,3-6,11H2,1-2H3.